The van der Waals surface area contributed by atoms with Crippen LogP contribution in [0.4, 0.5) is 0 Å². The smallest absolute Gasteiger partial charge is 0.236 e. The summed E-state index contributed by atoms with van der Waals surface area (Å²) in [4.78, 5) is 27.6. The molecule has 5 nitrogen and oxygen atoms in total. The minimum Gasteiger partial charge on any atom is -0.337 e. The van der Waals surface area contributed by atoms with Crippen molar-refractivity contribution < 1.29 is 9.59 Å². The van der Waals surface area contributed by atoms with Gasteiger partial charge in [-0.3, -0.25) is 9.59 Å². The average Bonchev–Trinajstić information content (AvgIpc) is 2.69. The summed E-state index contributed by atoms with van der Waals surface area (Å²) in [5, 5.41) is 2.14. The van der Waals surface area contributed by atoms with Gasteiger partial charge in [-0.2, -0.15) is 0 Å². The van der Waals surface area contributed by atoms with Crippen molar-refractivity contribution in [3.8, 4) is 0 Å². The average molecular weight is 213 g/mol. The van der Waals surface area contributed by atoms with Crippen LogP contribution < -0.4 is 5.73 Å². The zero-order chi connectivity index (χ0) is 10.6. The van der Waals surface area contributed by atoms with E-state index in [1.165, 1.54) is 16.2 Å². The molecule has 1 amide bonds. The van der Waals surface area contributed by atoms with Crippen molar-refractivity contribution in [2.75, 3.05) is 20.1 Å². The number of thiazole rings is 1. The van der Waals surface area contributed by atoms with Gasteiger partial charge < -0.3 is 10.6 Å². The van der Waals surface area contributed by atoms with E-state index in [1.807, 2.05) is 0 Å². The number of nitrogens with two attached hydrogens (primary N) is 1. The van der Waals surface area contributed by atoms with Gasteiger partial charge in [-0.25, -0.2) is 4.98 Å². The molecule has 0 spiro atoms. The van der Waals surface area contributed by atoms with Gasteiger partial charge in [0.15, 0.2) is 5.01 Å². The third kappa shape index (κ3) is 2.61. The van der Waals surface area contributed by atoms with Crippen LogP contribution in [0.3, 0.4) is 0 Å². The van der Waals surface area contributed by atoms with Crippen LogP contribution in [-0.4, -0.2) is 41.7 Å². The Labute approximate surface area is 85.5 Å². The van der Waals surface area contributed by atoms with Gasteiger partial charge in [-0.05, 0) is 0 Å². The third-order valence-electron chi connectivity index (χ3n) is 1.65. The normalized spacial score (nSPS) is 9.86. The Morgan fingerprint density at radius 2 is 2.36 bits per heavy atom. The summed E-state index contributed by atoms with van der Waals surface area (Å²) >= 11 is 1.26. The predicted octanol–water partition coefficient (Wildman–Crippen LogP) is -0.257. The van der Waals surface area contributed by atoms with Crippen LogP contribution in [0.25, 0.3) is 0 Å². The van der Waals surface area contributed by atoms with E-state index < -0.39 is 0 Å². The molecule has 0 atom stereocenters. The molecule has 0 aliphatic heterocycles. The van der Waals surface area contributed by atoms with Gasteiger partial charge in [0.05, 0.1) is 13.1 Å². The quantitative estimate of drug-likeness (QED) is 0.699. The molecule has 0 aliphatic carbocycles. The van der Waals surface area contributed by atoms with Crippen molar-refractivity contribution in [3.05, 3.63) is 16.6 Å². The van der Waals surface area contributed by atoms with E-state index in [0.717, 1.165) is 0 Å². The molecule has 1 aromatic rings. The Hall–Kier alpha value is -1.27. The van der Waals surface area contributed by atoms with Gasteiger partial charge in [0.2, 0.25) is 11.7 Å². The van der Waals surface area contributed by atoms with Crippen LogP contribution in [0, 0.1) is 0 Å². The lowest BCUT2D eigenvalue weighted by atomic mass is 10.3. The van der Waals surface area contributed by atoms with Crippen LogP contribution in [0.1, 0.15) is 9.80 Å². The number of nitrogens with zero attached hydrogens (tertiary/aromatic N) is 2. The lowest BCUT2D eigenvalue weighted by Gasteiger charge is -2.13. The second-order valence-corrected chi connectivity index (χ2v) is 3.61. The maximum Gasteiger partial charge on any atom is 0.236 e. The summed E-state index contributed by atoms with van der Waals surface area (Å²) in [5.74, 6) is -0.417. The number of carbonyl (C=O) groups is 2. The van der Waals surface area contributed by atoms with Crippen molar-refractivity contribution in [2.45, 2.75) is 0 Å². The van der Waals surface area contributed by atoms with Crippen molar-refractivity contribution in [2.24, 2.45) is 5.73 Å². The number of amides is 1. The molecule has 0 unspecified atom stereocenters. The topological polar surface area (TPSA) is 76.3 Å². The van der Waals surface area contributed by atoms with Crippen molar-refractivity contribution in [1.82, 2.24) is 9.88 Å². The lowest BCUT2D eigenvalue weighted by Crippen LogP contribution is -2.36. The molecular weight excluding hydrogens is 202 g/mol. The predicted molar refractivity (Wildman–Crippen MR) is 53.1 cm³/mol. The number of Topliss-reactive ketones (excluding diaryl/α,β-unsaturated/α-hetero) is 1. The van der Waals surface area contributed by atoms with E-state index in [4.69, 9.17) is 5.73 Å². The van der Waals surface area contributed by atoms with Crippen LogP contribution in [0.15, 0.2) is 11.6 Å². The minimum atomic E-state index is -0.255. The Balaban J connectivity index is 2.53. The SMILES string of the molecule is CN(CC(=O)c1nccs1)C(=O)CN. The third-order valence-corrected chi connectivity index (χ3v) is 2.47. The van der Waals surface area contributed by atoms with Crippen molar-refractivity contribution >= 4 is 23.0 Å². The van der Waals surface area contributed by atoms with Crippen LogP contribution >= 0.6 is 11.3 Å². The number of aromatic nitrogens is 1. The highest BCUT2D eigenvalue weighted by Crippen LogP contribution is 2.05. The van der Waals surface area contributed by atoms with Crippen LogP contribution in [-0.2, 0) is 4.79 Å². The summed E-state index contributed by atoms with van der Waals surface area (Å²) < 4.78 is 0. The first-order valence-electron chi connectivity index (χ1n) is 4.02. The molecule has 0 radical (unpaired) electrons. The Morgan fingerprint density at radius 3 is 2.86 bits per heavy atom. The summed E-state index contributed by atoms with van der Waals surface area (Å²) in [6.45, 7) is -0.0504. The van der Waals surface area contributed by atoms with E-state index >= 15 is 0 Å². The zero-order valence-electron chi connectivity index (χ0n) is 7.77. The molecule has 1 heterocycles. The molecular formula is C8H11N3O2S. The fraction of sp³-hybridized carbons (Fsp3) is 0.375. The molecule has 0 aliphatic rings. The molecule has 0 saturated carbocycles. The fourth-order valence-corrected chi connectivity index (χ4v) is 1.46. The monoisotopic (exact) mass is 213 g/mol. The maximum absolute atomic E-state index is 11.4. The number of hydrogen-bond donors (Lipinski definition) is 1. The molecule has 1 rings (SSSR count). The van der Waals surface area contributed by atoms with E-state index in [1.54, 1.807) is 18.6 Å². The summed E-state index contributed by atoms with van der Waals surface area (Å²) in [6, 6.07) is 0. The second-order valence-electron chi connectivity index (χ2n) is 2.71. The molecule has 0 bridgehead atoms. The number of ketones is 1. The largest absolute Gasteiger partial charge is 0.337 e. The first-order chi connectivity index (χ1) is 6.65. The van der Waals surface area contributed by atoms with Gasteiger partial charge in [0.1, 0.15) is 0 Å². The van der Waals surface area contributed by atoms with Crippen LogP contribution in [0.2, 0.25) is 0 Å². The van der Waals surface area contributed by atoms with Crippen molar-refractivity contribution in [3.63, 3.8) is 0 Å². The maximum atomic E-state index is 11.4. The number of rotatable bonds is 4. The summed E-state index contributed by atoms with van der Waals surface area (Å²) in [5.41, 5.74) is 5.15. The highest BCUT2D eigenvalue weighted by molar-refractivity contribution is 7.11. The van der Waals surface area contributed by atoms with Gasteiger partial charge in [0, 0.05) is 18.6 Å². The first kappa shape index (κ1) is 10.8. The highest BCUT2D eigenvalue weighted by atomic mass is 32.1. The van der Waals surface area contributed by atoms with E-state index in [-0.39, 0.29) is 24.8 Å². The molecule has 0 fully saturated rings. The summed E-state index contributed by atoms with van der Waals surface area (Å²) in [6.07, 6.45) is 1.56. The molecule has 76 valence electrons. The highest BCUT2D eigenvalue weighted by Gasteiger charge is 2.14. The van der Waals surface area contributed by atoms with Gasteiger partial charge >= 0.3 is 0 Å². The Kier molecular flexibility index (Phi) is 3.73. The van der Waals surface area contributed by atoms with E-state index in [2.05, 4.69) is 4.98 Å². The fourth-order valence-electron chi connectivity index (χ4n) is 0.888. The molecule has 6 heteroatoms. The second kappa shape index (κ2) is 4.83. The van der Waals surface area contributed by atoms with E-state index in [0.29, 0.717) is 5.01 Å². The Morgan fingerprint density at radius 1 is 1.64 bits per heavy atom. The Bertz CT molecular complexity index is 323. The number of likely N-dealkylation sites (N-methyl/N-ethyl adjacent to an activating group) is 1. The van der Waals surface area contributed by atoms with Crippen LogP contribution in [0.5, 0.6) is 0 Å². The number of hydrogen-bond acceptors (Lipinski definition) is 5. The van der Waals surface area contributed by atoms with E-state index in [9.17, 15) is 9.59 Å². The lowest BCUT2D eigenvalue weighted by molar-refractivity contribution is -0.127. The van der Waals surface area contributed by atoms with Crippen molar-refractivity contribution in [1.29, 1.82) is 0 Å². The number of carbonyl (C=O) groups excluding carboxylic acids is 2. The van der Waals surface area contributed by atoms with Gasteiger partial charge in [0.25, 0.3) is 0 Å². The standard InChI is InChI=1S/C8H11N3O2S/c1-11(7(13)4-9)5-6(12)8-10-2-3-14-8/h2-3H,4-5,9H2,1H3. The molecule has 14 heavy (non-hydrogen) atoms. The minimum absolute atomic E-state index is 0.0313. The molecule has 0 saturated heterocycles. The van der Waals surface area contributed by atoms with Gasteiger partial charge in [-0.15, -0.1) is 11.3 Å². The van der Waals surface area contributed by atoms with Gasteiger partial charge in [-0.1, -0.05) is 0 Å². The molecule has 0 aromatic carbocycles. The first-order valence-corrected chi connectivity index (χ1v) is 4.90. The molecule has 2 N–H and O–H groups in total. The summed E-state index contributed by atoms with van der Waals surface area (Å²) in [7, 11) is 1.54. The zero-order valence-corrected chi connectivity index (χ0v) is 8.58. The molecule has 1 aromatic heterocycles.